The van der Waals surface area contributed by atoms with Crippen molar-refractivity contribution in [3.8, 4) is 0 Å². The molecule has 0 aromatic rings. The summed E-state index contributed by atoms with van der Waals surface area (Å²) in [5, 5.41) is 3.09. The van der Waals surface area contributed by atoms with Crippen LogP contribution in [0.1, 0.15) is 19.3 Å². The summed E-state index contributed by atoms with van der Waals surface area (Å²) in [6, 6.07) is 0. The quantitative estimate of drug-likeness (QED) is 0.165. The molecule has 0 bridgehead atoms. The Morgan fingerprint density at radius 3 is 1.86 bits per heavy atom. The molecule has 2 rings (SSSR count). The molecule has 194 valence electrons. The average molecular weight is 499 g/mol. The molecule has 1 saturated heterocycles. The lowest BCUT2D eigenvalue weighted by Gasteiger charge is -2.13. The van der Waals surface area contributed by atoms with E-state index in [9.17, 15) is 28.8 Å². The maximum absolute atomic E-state index is 11.7. The van der Waals surface area contributed by atoms with Crippen molar-refractivity contribution in [1.29, 1.82) is 0 Å². The summed E-state index contributed by atoms with van der Waals surface area (Å²) in [5.41, 5.74) is 0. The highest BCUT2D eigenvalue weighted by molar-refractivity contribution is 6.13. The van der Waals surface area contributed by atoms with Gasteiger partial charge in [-0.05, 0) is 0 Å². The fourth-order valence-corrected chi connectivity index (χ4v) is 2.82. The number of ether oxygens (including phenoxy) is 4. The monoisotopic (exact) mass is 499 g/mol. The van der Waals surface area contributed by atoms with E-state index in [1.165, 1.54) is 12.2 Å². The van der Waals surface area contributed by atoms with Gasteiger partial charge in [-0.25, -0.2) is 4.79 Å². The highest BCUT2D eigenvalue weighted by Crippen LogP contribution is 2.12. The van der Waals surface area contributed by atoms with Gasteiger partial charge in [0.15, 0.2) is 0 Å². The maximum Gasteiger partial charge on any atom is 0.358 e. The largest absolute Gasteiger partial charge is 0.377 e. The molecule has 2 heterocycles. The molecule has 1 N–H and O–H groups in total. The van der Waals surface area contributed by atoms with E-state index in [0.29, 0.717) is 38.0 Å². The zero-order valence-corrected chi connectivity index (χ0v) is 19.2. The summed E-state index contributed by atoms with van der Waals surface area (Å²) >= 11 is 0. The standard InChI is InChI=1S/C21H29N3O11/c25-16(5-7-23-17(26)1-2-18(23)27)22-6-8-31-9-10-32-11-12-33-13-14-34-15-21(30)35-24-19(28)3-4-20(24)29/h1-2H,3-15H2,(H,22,25). The van der Waals surface area contributed by atoms with Crippen LogP contribution in [0.5, 0.6) is 0 Å². The van der Waals surface area contributed by atoms with E-state index in [0.717, 1.165) is 4.90 Å². The molecule has 2 aliphatic heterocycles. The molecule has 0 radical (unpaired) electrons. The van der Waals surface area contributed by atoms with Crippen LogP contribution in [0.2, 0.25) is 0 Å². The van der Waals surface area contributed by atoms with Crippen LogP contribution in [0.15, 0.2) is 12.2 Å². The Bertz CT molecular complexity index is 780. The van der Waals surface area contributed by atoms with Crippen molar-refractivity contribution in [2.45, 2.75) is 19.3 Å². The highest BCUT2D eigenvalue weighted by atomic mass is 16.7. The van der Waals surface area contributed by atoms with Gasteiger partial charge in [-0.1, -0.05) is 0 Å². The first kappa shape index (κ1) is 28.0. The Kier molecular flexibility index (Phi) is 12.5. The average Bonchev–Trinajstić information content (AvgIpc) is 3.32. The molecule has 0 unspecified atom stereocenters. The van der Waals surface area contributed by atoms with Crippen LogP contribution in [0, 0.1) is 0 Å². The first-order valence-electron chi connectivity index (χ1n) is 11.1. The Labute approximate surface area is 201 Å². The summed E-state index contributed by atoms with van der Waals surface area (Å²) in [4.78, 5) is 74.3. The first-order chi connectivity index (χ1) is 16.9. The molecular weight excluding hydrogens is 470 g/mol. The minimum Gasteiger partial charge on any atom is -0.377 e. The van der Waals surface area contributed by atoms with E-state index in [4.69, 9.17) is 18.9 Å². The minimum atomic E-state index is -0.843. The SMILES string of the molecule is O=C(CCN1C(=O)C=CC1=O)NCCOCCOCCOCCOCC(=O)ON1C(=O)CCC1=O. The topological polar surface area (TPSA) is 167 Å². The van der Waals surface area contributed by atoms with Crippen molar-refractivity contribution in [1.82, 2.24) is 15.3 Å². The predicted octanol–water partition coefficient (Wildman–Crippen LogP) is -1.91. The van der Waals surface area contributed by atoms with Crippen molar-refractivity contribution in [2.75, 3.05) is 65.9 Å². The van der Waals surface area contributed by atoms with E-state index in [1.54, 1.807) is 0 Å². The third-order valence-corrected chi connectivity index (χ3v) is 4.57. The van der Waals surface area contributed by atoms with Gasteiger partial charge < -0.3 is 29.1 Å². The number of imide groups is 2. The fourth-order valence-electron chi connectivity index (χ4n) is 2.82. The van der Waals surface area contributed by atoms with Gasteiger partial charge in [0.25, 0.3) is 23.6 Å². The van der Waals surface area contributed by atoms with Gasteiger partial charge in [0, 0.05) is 44.5 Å². The zero-order chi connectivity index (χ0) is 25.5. The van der Waals surface area contributed by atoms with Crippen LogP contribution < -0.4 is 5.32 Å². The van der Waals surface area contributed by atoms with Gasteiger partial charge in [-0.15, -0.1) is 5.06 Å². The smallest absolute Gasteiger partial charge is 0.358 e. The Balaban J connectivity index is 1.30. The number of carbonyl (C=O) groups excluding carboxylic acids is 6. The lowest BCUT2D eigenvalue weighted by Crippen LogP contribution is -2.35. The van der Waals surface area contributed by atoms with Gasteiger partial charge in [0.1, 0.15) is 6.61 Å². The van der Waals surface area contributed by atoms with Crippen molar-refractivity contribution < 1.29 is 52.6 Å². The van der Waals surface area contributed by atoms with Crippen molar-refractivity contribution in [3.63, 3.8) is 0 Å². The molecule has 0 aliphatic carbocycles. The predicted molar refractivity (Wildman–Crippen MR) is 114 cm³/mol. The normalized spacial score (nSPS) is 15.4. The van der Waals surface area contributed by atoms with E-state index < -0.39 is 36.2 Å². The zero-order valence-electron chi connectivity index (χ0n) is 19.2. The molecule has 14 heteroatoms. The Morgan fingerprint density at radius 1 is 0.771 bits per heavy atom. The molecule has 14 nitrogen and oxygen atoms in total. The molecule has 35 heavy (non-hydrogen) atoms. The number of carbonyl (C=O) groups is 6. The van der Waals surface area contributed by atoms with Gasteiger partial charge in [0.05, 0.1) is 46.2 Å². The highest BCUT2D eigenvalue weighted by Gasteiger charge is 2.32. The van der Waals surface area contributed by atoms with Gasteiger partial charge in [0.2, 0.25) is 5.91 Å². The van der Waals surface area contributed by atoms with E-state index in [-0.39, 0.29) is 51.5 Å². The number of nitrogens with zero attached hydrogens (tertiary/aromatic N) is 2. The Morgan fingerprint density at radius 2 is 1.29 bits per heavy atom. The lowest BCUT2D eigenvalue weighted by molar-refractivity contribution is -0.200. The number of hydrogen-bond acceptors (Lipinski definition) is 11. The summed E-state index contributed by atoms with van der Waals surface area (Å²) < 4.78 is 21.0. The summed E-state index contributed by atoms with van der Waals surface area (Å²) in [6.07, 6.45) is 2.43. The fraction of sp³-hybridized carbons (Fsp3) is 0.619. The number of rotatable bonds is 18. The molecule has 2 aliphatic rings. The van der Waals surface area contributed by atoms with Crippen molar-refractivity contribution >= 4 is 35.5 Å². The first-order valence-corrected chi connectivity index (χ1v) is 11.1. The molecule has 0 atom stereocenters. The third kappa shape index (κ3) is 10.7. The second-order valence-electron chi connectivity index (χ2n) is 7.20. The lowest BCUT2D eigenvalue weighted by atomic mass is 10.3. The van der Waals surface area contributed by atoms with E-state index in [2.05, 4.69) is 10.2 Å². The Hall–Kier alpha value is -3.20. The maximum atomic E-state index is 11.7. The molecule has 0 saturated carbocycles. The van der Waals surface area contributed by atoms with E-state index >= 15 is 0 Å². The van der Waals surface area contributed by atoms with Crippen LogP contribution in [0.4, 0.5) is 0 Å². The number of hydroxylamine groups is 2. The summed E-state index contributed by atoms with van der Waals surface area (Å²) in [6.45, 7) is 1.82. The molecule has 0 spiro atoms. The summed E-state index contributed by atoms with van der Waals surface area (Å²) in [7, 11) is 0. The number of hydrogen-bond donors (Lipinski definition) is 1. The van der Waals surface area contributed by atoms with Crippen LogP contribution in [-0.2, 0) is 52.6 Å². The minimum absolute atomic E-state index is 0.0258. The van der Waals surface area contributed by atoms with Crippen LogP contribution in [-0.4, -0.2) is 111 Å². The third-order valence-electron chi connectivity index (χ3n) is 4.57. The van der Waals surface area contributed by atoms with Crippen LogP contribution in [0.3, 0.4) is 0 Å². The van der Waals surface area contributed by atoms with Crippen LogP contribution in [0.25, 0.3) is 0 Å². The second kappa shape index (κ2) is 15.7. The number of nitrogens with one attached hydrogen (secondary N) is 1. The van der Waals surface area contributed by atoms with Crippen molar-refractivity contribution in [2.24, 2.45) is 0 Å². The molecule has 0 aromatic heterocycles. The number of amides is 5. The molecular formula is C21H29N3O11. The van der Waals surface area contributed by atoms with Crippen LogP contribution >= 0.6 is 0 Å². The molecule has 1 fully saturated rings. The second-order valence-corrected chi connectivity index (χ2v) is 7.20. The van der Waals surface area contributed by atoms with E-state index in [1.807, 2.05) is 0 Å². The van der Waals surface area contributed by atoms with Gasteiger partial charge >= 0.3 is 5.97 Å². The van der Waals surface area contributed by atoms with Gasteiger partial charge in [-0.3, -0.25) is 28.9 Å². The molecule has 5 amide bonds. The van der Waals surface area contributed by atoms with Crippen molar-refractivity contribution in [3.05, 3.63) is 12.2 Å². The summed E-state index contributed by atoms with van der Waals surface area (Å²) in [5.74, 6) is -3.07. The van der Waals surface area contributed by atoms with Gasteiger partial charge in [-0.2, -0.15) is 0 Å². The molecule has 0 aromatic carbocycles.